The summed E-state index contributed by atoms with van der Waals surface area (Å²) in [4.78, 5) is 4.72. The van der Waals surface area contributed by atoms with Gasteiger partial charge in [0.1, 0.15) is 5.82 Å². The van der Waals surface area contributed by atoms with Crippen LogP contribution in [0.3, 0.4) is 0 Å². The topological polar surface area (TPSA) is 35.6 Å². The van der Waals surface area contributed by atoms with E-state index < -0.39 is 0 Å². The molecule has 98 valence electrons. The first-order chi connectivity index (χ1) is 9.20. The number of nitrogens with zero attached hydrogens (tertiary/aromatic N) is 4. The van der Waals surface area contributed by atoms with Crippen molar-refractivity contribution >= 4 is 22.6 Å². The van der Waals surface area contributed by atoms with Crippen LogP contribution in [0.4, 0.5) is 0 Å². The molecule has 0 spiro atoms. The van der Waals surface area contributed by atoms with Crippen LogP contribution in [0.15, 0.2) is 30.5 Å². The molecule has 0 saturated carbocycles. The maximum Gasteiger partial charge on any atom is 0.160 e. The summed E-state index contributed by atoms with van der Waals surface area (Å²) in [6.45, 7) is 2.07. The van der Waals surface area contributed by atoms with Gasteiger partial charge in [0.25, 0.3) is 0 Å². The van der Waals surface area contributed by atoms with Crippen molar-refractivity contribution in [2.24, 2.45) is 7.05 Å². The van der Waals surface area contributed by atoms with Gasteiger partial charge in [0.2, 0.25) is 0 Å². The van der Waals surface area contributed by atoms with Gasteiger partial charge in [-0.15, -0.1) is 11.6 Å². The first kappa shape index (κ1) is 12.2. The number of rotatable bonds is 3. The van der Waals surface area contributed by atoms with E-state index in [1.807, 2.05) is 25.4 Å². The highest BCUT2D eigenvalue weighted by Crippen LogP contribution is 2.23. The summed E-state index contributed by atoms with van der Waals surface area (Å²) in [5.74, 6) is 2.39. The number of benzene rings is 1. The lowest BCUT2D eigenvalue weighted by Gasteiger charge is -2.04. The van der Waals surface area contributed by atoms with Gasteiger partial charge in [-0.2, -0.15) is 5.10 Å². The van der Waals surface area contributed by atoms with E-state index in [1.54, 1.807) is 4.68 Å². The number of para-hydroxylation sites is 1. The summed E-state index contributed by atoms with van der Waals surface area (Å²) in [6, 6.07) is 8.18. The molecule has 3 rings (SSSR count). The molecule has 2 aromatic heterocycles. The van der Waals surface area contributed by atoms with E-state index >= 15 is 0 Å². The Morgan fingerprint density at radius 3 is 2.79 bits per heavy atom. The summed E-state index contributed by atoms with van der Waals surface area (Å²) in [7, 11) is 1.91. The van der Waals surface area contributed by atoms with Crippen LogP contribution in [0.5, 0.6) is 0 Å². The molecule has 19 heavy (non-hydrogen) atoms. The molecule has 0 aliphatic heterocycles. The number of imidazole rings is 1. The number of halogens is 1. The molecule has 0 unspecified atom stereocenters. The van der Waals surface area contributed by atoms with Gasteiger partial charge in [-0.3, -0.25) is 9.25 Å². The molecule has 0 fully saturated rings. The number of hydrogen-bond acceptors (Lipinski definition) is 2. The molecule has 2 heterocycles. The number of fused-ring (bicyclic) bond motifs is 1. The zero-order valence-corrected chi connectivity index (χ0v) is 11.7. The van der Waals surface area contributed by atoms with Crippen molar-refractivity contribution in [2.45, 2.75) is 13.3 Å². The van der Waals surface area contributed by atoms with E-state index in [4.69, 9.17) is 16.6 Å². The average Bonchev–Trinajstić information content (AvgIpc) is 2.94. The van der Waals surface area contributed by atoms with E-state index in [-0.39, 0.29) is 0 Å². The summed E-state index contributed by atoms with van der Waals surface area (Å²) in [5.41, 5.74) is 3.27. The Bertz CT molecular complexity index is 726. The van der Waals surface area contributed by atoms with Crippen LogP contribution in [-0.4, -0.2) is 25.2 Å². The predicted octanol–water partition coefficient (Wildman–Crippen LogP) is 2.85. The van der Waals surface area contributed by atoms with Gasteiger partial charge in [0.05, 0.1) is 11.0 Å². The molecule has 4 nitrogen and oxygen atoms in total. The lowest BCUT2D eigenvalue weighted by molar-refractivity contribution is 0.746. The molecular formula is C14H15ClN4. The monoisotopic (exact) mass is 274 g/mol. The van der Waals surface area contributed by atoms with Crippen LogP contribution >= 0.6 is 11.6 Å². The van der Waals surface area contributed by atoms with E-state index in [9.17, 15) is 0 Å². The largest absolute Gasteiger partial charge is 0.279 e. The number of alkyl halides is 1. The van der Waals surface area contributed by atoms with Crippen LogP contribution in [0.1, 0.15) is 11.4 Å². The quantitative estimate of drug-likeness (QED) is 0.689. The molecule has 0 atom stereocenters. The highest BCUT2D eigenvalue weighted by atomic mass is 35.5. The van der Waals surface area contributed by atoms with Crippen molar-refractivity contribution in [3.8, 4) is 5.82 Å². The number of aryl methyl sites for hydroxylation is 3. The van der Waals surface area contributed by atoms with Gasteiger partial charge < -0.3 is 0 Å². The summed E-state index contributed by atoms with van der Waals surface area (Å²) < 4.78 is 3.88. The highest BCUT2D eigenvalue weighted by Gasteiger charge is 2.14. The molecular weight excluding hydrogens is 260 g/mol. The molecule has 0 radical (unpaired) electrons. The summed E-state index contributed by atoms with van der Waals surface area (Å²) in [5, 5.41) is 4.47. The van der Waals surface area contributed by atoms with Crippen molar-refractivity contribution in [1.29, 1.82) is 0 Å². The zero-order chi connectivity index (χ0) is 13.4. The third-order valence-corrected chi connectivity index (χ3v) is 3.39. The molecule has 0 aliphatic rings. The molecule has 1 aromatic carbocycles. The maximum atomic E-state index is 5.89. The predicted molar refractivity (Wildman–Crippen MR) is 77.0 cm³/mol. The van der Waals surface area contributed by atoms with Gasteiger partial charge in [0, 0.05) is 31.6 Å². The Balaban J connectivity index is 2.31. The lowest BCUT2D eigenvalue weighted by atomic mass is 10.2. The Hall–Kier alpha value is -1.81. The Morgan fingerprint density at radius 1 is 1.26 bits per heavy atom. The molecule has 3 aromatic rings. The van der Waals surface area contributed by atoms with Crippen molar-refractivity contribution in [1.82, 2.24) is 19.3 Å². The molecule has 0 N–H and O–H groups in total. The molecule has 0 bridgehead atoms. The smallest absolute Gasteiger partial charge is 0.160 e. The minimum Gasteiger partial charge on any atom is -0.279 e. The second kappa shape index (κ2) is 4.70. The SMILES string of the molecule is Cc1cccc2c1nc(CCCl)n2-c1ccn(C)n1. The third-order valence-electron chi connectivity index (χ3n) is 3.20. The lowest BCUT2D eigenvalue weighted by Crippen LogP contribution is -2.03. The van der Waals surface area contributed by atoms with E-state index in [1.165, 1.54) is 5.56 Å². The maximum absolute atomic E-state index is 5.89. The Labute approximate surface area is 116 Å². The van der Waals surface area contributed by atoms with Crippen LogP contribution in [0, 0.1) is 6.92 Å². The van der Waals surface area contributed by atoms with Gasteiger partial charge in [-0.25, -0.2) is 4.98 Å². The van der Waals surface area contributed by atoms with Gasteiger partial charge in [-0.1, -0.05) is 12.1 Å². The second-order valence-corrected chi connectivity index (χ2v) is 4.97. The summed E-state index contributed by atoms with van der Waals surface area (Å²) in [6.07, 6.45) is 2.66. The van der Waals surface area contributed by atoms with Crippen LogP contribution in [0.2, 0.25) is 0 Å². The zero-order valence-electron chi connectivity index (χ0n) is 11.0. The minimum atomic E-state index is 0.551. The Kier molecular flexibility index (Phi) is 3.03. The first-order valence-corrected chi connectivity index (χ1v) is 6.77. The molecule has 0 aliphatic carbocycles. The van der Waals surface area contributed by atoms with E-state index in [0.29, 0.717) is 5.88 Å². The van der Waals surface area contributed by atoms with Gasteiger partial charge >= 0.3 is 0 Å². The number of hydrogen-bond donors (Lipinski definition) is 0. The Morgan fingerprint density at radius 2 is 2.11 bits per heavy atom. The fourth-order valence-corrected chi connectivity index (χ4v) is 2.49. The van der Waals surface area contributed by atoms with E-state index in [0.717, 1.165) is 29.1 Å². The molecule has 5 heteroatoms. The van der Waals surface area contributed by atoms with Gasteiger partial charge in [-0.05, 0) is 18.6 Å². The second-order valence-electron chi connectivity index (χ2n) is 4.59. The van der Waals surface area contributed by atoms with E-state index in [2.05, 4.69) is 28.7 Å². The minimum absolute atomic E-state index is 0.551. The average molecular weight is 275 g/mol. The standard InChI is InChI=1S/C14H15ClN4/c1-10-4-3-5-11-14(10)16-12(6-8-15)19(11)13-7-9-18(2)17-13/h3-5,7,9H,6,8H2,1-2H3. The first-order valence-electron chi connectivity index (χ1n) is 6.23. The number of aromatic nitrogens is 4. The van der Waals surface area contributed by atoms with Crippen molar-refractivity contribution in [3.05, 3.63) is 41.9 Å². The summed E-state index contributed by atoms with van der Waals surface area (Å²) >= 11 is 5.89. The molecule has 0 saturated heterocycles. The van der Waals surface area contributed by atoms with Crippen molar-refractivity contribution < 1.29 is 0 Å². The van der Waals surface area contributed by atoms with Crippen LogP contribution in [0.25, 0.3) is 16.9 Å². The normalized spacial score (nSPS) is 11.3. The fourth-order valence-electron chi connectivity index (χ4n) is 2.32. The highest BCUT2D eigenvalue weighted by molar-refractivity contribution is 6.17. The third kappa shape index (κ3) is 2.02. The van der Waals surface area contributed by atoms with Gasteiger partial charge in [0.15, 0.2) is 5.82 Å². The van der Waals surface area contributed by atoms with Crippen molar-refractivity contribution in [2.75, 3.05) is 5.88 Å². The van der Waals surface area contributed by atoms with Crippen LogP contribution in [-0.2, 0) is 13.5 Å². The van der Waals surface area contributed by atoms with Crippen molar-refractivity contribution in [3.63, 3.8) is 0 Å². The van der Waals surface area contributed by atoms with Crippen LogP contribution < -0.4 is 0 Å². The molecule has 0 amide bonds. The fraction of sp³-hybridized carbons (Fsp3) is 0.286.